The third-order valence-electron chi connectivity index (χ3n) is 3.59. The predicted octanol–water partition coefficient (Wildman–Crippen LogP) is 1.78. The van der Waals surface area contributed by atoms with Crippen LogP contribution in [0, 0.1) is 5.82 Å². The summed E-state index contributed by atoms with van der Waals surface area (Å²) in [5.41, 5.74) is -0.373. The number of nitrogens with two attached hydrogens (primary N) is 1. The van der Waals surface area contributed by atoms with Gasteiger partial charge in [-0.05, 0) is 24.3 Å². The van der Waals surface area contributed by atoms with Crippen LogP contribution in [0.2, 0.25) is 0 Å². The fraction of sp³-hybridized carbons (Fsp3) is 0.357. The third kappa shape index (κ3) is 2.78. The number of pyridine rings is 1. The number of nitrogens with zero attached hydrogens (tertiary/aromatic N) is 2. The minimum Gasteiger partial charge on any atom is -0.360 e. The van der Waals surface area contributed by atoms with Crippen molar-refractivity contribution in [1.29, 1.82) is 0 Å². The summed E-state index contributed by atoms with van der Waals surface area (Å²) < 4.78 is 52.4. The lowest BCUT2D eigenvalue weighted by molar-refractivity contribution is -0.655. The molecule has 112 valence electrons. The highest BCUT2D eigenvalue weighted by Crippen LogP contribution is 2.34. The third-order valence-corrected chi connectivity index (χ3v) is 3.59. The lowest BCUT2D eigenvalue weighted by atomic mass is 10.1. The van der Waals surface area contributed by atoms with E-state index in [0.29, 0.717) is 24.2 Å². The van der Waals surface area contributed by atoms with Crippen LogP contribution in [0.15, 0.2) is 24.3 Å². The molecule has 0 bridgehead atoms. The Hall–Kier alpha value is -1.89. The van der Waals surface area contributed by atoms with E-state index in [1.165, 1.54) is 12.1 Å². The number of alkyl halides is 3. The van der Waals surface area contributed by atoms with Crippen LogP contribution in [0.3, 0.4) is 0 Å². The second-order valence-electron chi connectivity index (χ2n) is 5.04. The zero-order valence-electron chi connectivity index (χ0n) is 11.1. The highest BCUT2D eigenvalue weighted by molar-refractivity contribution is 5.92. The maximum Gasteiger partial charge on any atom is 0.433 e. The molecule has 1 fully saturated rings. The molecule has 1 aromatic heterocycles. The lowest BCUT2D eigenvalue weighted by Crippen LogP contribution is -2.89. The Balaban J connectivity index is 2.20. The van der Waals surface area contributed by atoms with Crippen molar-refractivity contribution in [1.82, 2.24) is 4.98 Å². The van der Waals surface area contributed by atoms with Crippen LogP contribution >= 0.6 is 0 Å². The van der Waals surface area contributed by atoms with Gasteiger partial charge in [0, 0.05) is 11.1 Å². The van der Waals surface area contributed by atoms with Crippen molar-refractivity contribution in [2.75, 3.05) is 31.1 Å². The van der Waals surface area contributed by atoms with Gasteiger partial charge in [0.05, 0.1) is 31.7 Å². The number of piperazine rings is 1. The summed E-state index contributed by atoms with van der Waals surface area (Å²) in [4.78, 5) is 5.48. The SMILES string of the molecule is Fc1ccc2nc(C(F)(F)F)cc(N3CC[NH2+]CC3)c2c1. The van der Waals surface area contributed by atoms with Crippen LogP contribution in [-0.2, 0) is 6.18 Å². The Kier molecular flexibility index (Phi) is 3.44. The Labute approximate surface area is 118 Å². The number of rotatable bonds is 1. The fourth-order valence-electron chi connectivity index (χ4n) is 2.58. The van der Waals surface area contributed by atoms with Gasteiger partial charge in [-0.1, -0.05) is 0 Å². The van der Waals surface area contributed by atoms with Gasteiger partial charge in [0.2, 0.25) is 0 Å². The summed E-state index contributed by atoms with van der Waals surface area (Å²) in [6.45, 7) is 2.88. The minimum absolute atomic E-state index is 0.163. The van der Waals surface area contributed by atoms with E-state index < -0.39 is 17.7 Å². The molecule has 1 aliphatic heterocycles. The molecular weight excluding hydrogens is 286 g/mol. The molecule has 0 spiro atoms. The molecule has 0 radical (unpaired) electrons. The Morgan fingerprint density at radius 2 is 1.81 bits per heavy atom. The molecule has 0 unspecified atom stereocenters. The van der Waals surface area contributed by atoms with Gasteiger partial charge in [-0.3, -0.25) is 0 Å². The van der Waals surface area contributed by atoms with Gasteiger partial charge >= 0.3 is 6.18 Å². The van der Waals surface area contributed by atoms with Gasteiger partial charge in [0.25, 0.3) is 0 Å². The quantitative estimate of drug-likeness (QED) is 0.814. The number of quaternary nitrogens is 1. The van der Waals surface area contributed by atoms with Crippen molar-refractivity contribution >= 4 is 16.6 Å². The second kappa shape index (κ2) is 5.14. The first kappa shape index (κ1) is 14.1. The molecule has 1 aliphatic rings. The lowest BCUT2D eigenvalue weighted by Gasteiger charge is -2.28. The standard InChI is InChI=1S/C14H13F4N3/c15-9-1-2-11-10(7-9)12(21-5-3-19-4-6-21)8-13(20-11)14(16,17)18/h1-2,7-8,19H,3-6H2/p+1. The van der Waals surface area contributed by atoms with E-state index >= 15 is 0 Å². The molecule has 21 heavy (non-hydrogen) atoms. The van der Waals surface area contributed by atoms with Crippen molar-refractivity contribution in [3.8, 4) is 0 Å². The van der Waals surface area contributed by atoms with Crippen molar-refractivity contribution < 1.29 is 22.9 Å². The summed E-state index contributed by atoms with van der Waals surface area (Å²) in [5.74, 6) is -0.478. The Morgan fingerprint density at radius 3 is 2.48 bits per heavy atom. The van der Waals surface area contributed by atoms with Gasteiger partial charge in [0.15, 0.2) is 0 Å². The molecule has 0 aliphatic carbocycles. The van der Waals surface area contributed by atoms with Gasteiger partial charge in [0.1, 0.15) is 11.5 Å². The number of hydrogen-bond donors (Lipinski definition) is 1. The van der Waals surface area contributed by atoms with Gasteiger partial charge in [-0.25, -0.2) is 9.37 Å². The summed E-state index contributed by atoms with van der Waals surface area (Å²) in [7, 11) is 0. The van der Waals surface area contributed by atoms with Crippen LogP contribution in [0.25, 0.3) is 10.9 Å². The first-order valence-electron chi connectivity index (χ1n) is 6.69. The van der Waals surface area contributed by atoms with Gasteiger partial charge < -0.3 is 10.2 Å². The number of fused-ring (bicyclic) bond motifs is 1. The predicted molar refractivity (Wildman–Crippen MR) is 70.6 cm³/mol. The monoisotopic (exact) mass is 300 g/mol. The van der Waals surface area contributed by atoms with Crippen LogP contribution in [0.1, 0.15) is 5.69 Å². The first-order chi connectivity index (χ1) is 9.95. The smallest absolute Gasteiger partial charge is 0.360 e. The average Bonchev–Trinajstić information content (AvgIpc) is 2.46. The number of halogens is 4. The molecule has 0 amide bonds. The number of benzene rings is 1. The molecule has 2 heterocycles. The highest BCUT2D eigenvalue weighted by atomic mass is 19.4. The van der Waals surface area contributed by atoms with Crippen molar-refractivity contribution in [3.63, 3.8) is 0 Å². The van der Waals surface area contributed by atoms with E-state index in [2.05, 4.69) is 10.3 Å². The molecule has 2 aromatic rings. The van der Waals surface area contributed by atoms with Crippen LogP contribution in [0.5, 0.6) is 0 Å². The minimum atomic E-state index is -4.51. The number of anilines is 1. The zero-order valence-corrected chi connectivity index (χ0v) is 11.1. The Morgan fingerprint density at radius 1 is 1.10 bits per heavy atom. The summed E-state index contributed by atoms with van der Waals surface area (Å²) in [6, 6.07) is 4.69. The van der Waals surface area contributed by atoms with E-state index in [9.17, 15) is 17.6 Å². The van der Waals surface area contributed by atoms with Crippen LogP contribution in [0.4, 0.5) is 23.2 Å². The van der Waals surface area contributed by atoms with Crippen molar-refractivity contribution in [2.24, 2.45) is 0 Å². The molecule has 7 heteroatoms. The molecule has 1 aromatic carbocycles. The molecule has 0 atom stereocenters. The maximum atomic E-state index is 13.4. The number of hydrogen-bond acceptors (Lipinski definition) is 2. The van der Waals surface area contributed by atoms with E-state index in [-0.39, 0.29) is 5.52 Å². The largest absolute Gasteiger partial charge is 0.433 e. The maximum absolute atomic E-state index is 13.4. The summed E-state index contributed by atoms with van der Waals surface area (Å²) in [6.07, 6.45) is -4.51. The average molecular weight is 300 g/mol. The number of aromatic nitrogens is 1. The molecule has 0 saturated carbocycles. The topological polar surface area (TPSA) is 32.7 Å². The normalized spacial score (nSPS) is 16.5. The molecular formula is C14H14F4N3+. The summed E-state index contributed by atoms with van der Waals surface area (Å²) >= 11 is 0. The van der Waals surface area contributed by atoms with Crippen molar-refractivity contribution in [2.45, 2.75) is 6.18 Å². The van der Waals surface area contributed by atoms with E-state index in [1.807, 2.05) is 4.90 Å². The van der Waals surface area contributed by atoms with Crippen LogP contribution in [-0.4, -0.2) is 31.2 Å². The zero-order chi connectivity index (χ0) is 15.0. The first-order valence-corrected chi connectivity index (χ1v) is 6.69. The highest BCUT2D eigenvalue weighted by Gasteiger charge is 2.34. The molecule has 1 saturated heterocycles. The van der Waals surface area contributed by atoms with Gasteiger partial charge in [-0.15, -0.1) is 0 Å². The molecule has 3 rings (SSSR count). The molecule has 3 nitrogen and oxygen atoms in total. The van der Waals surface area contributed by atoms with Crippen molar-refractivity contribution in [3.05, 3.63) is 35.8 Å². The molecule has 2 N–H and O–H groups in total. The van der Waals surface area contributed by atoms with E-state index in [0.717, 1.165) is 25.2 Å². The van der Waals surface area contributed by atoms with Gasteiger partial charge in [-0.2, -0.15) is 13.2 Å². The van der Waals surface area contributed by atoms with Crippen LogP contribution < -0.4 is 10.2 Å². The second-order valence-corrected chi connectivity index (χ2v) is 5.04. The Bertz CT molecular complexity index is 663. The summed E-state index contributed by atoms with van der Waals surface area (Å²) in [5, 5.41) is 2.52. The van der Waals surface area contributed by atoms with E-state index in [1.54, 1.807) is 0 Å². The fourth-order valence-corrected chi connectivity index (χ4v) is 2.58. The van der Waals surface area contributed by atoms with E-state index in [4.69, 9.17) is 0 Å².